The van der Waals surface area contributed by atoms with E-state index in [2.05, 4.69) is 15.6 Å². The highest BCUT2D eigenvalue weighted by Crippen LogP contribution is 2.39. The van der Waals surface area contributed by atoms with Gasteiger partial charge in [-0.2, -0.15) is 0 Å². The van der Waals surface area contributed by atoms with E-state index in [4.69, 9.17) is 0 Å². The van der Waals surface area contributed by atoms with Gasteiger partial charge in [-0.1, -0.05) is 11.6 Å². The van der Waals surface area contributed by atoms with Gasteiger partial charge in [-0.25, -0.2) is 0 Å². The smallest absolute Gasteiger partial charge is 0.217 e. The minimum absolute atomic E-state index is 0.0324. The van der Waals surface area contributed by atoms with Gasteiger partial charge >= 0.3 is 0 Å². The van der Waals surface area contributed by atoms with Crippen LogP contribution in [-0.2, 0) is 16.9 Å². The number of nitrogens with one attached hydrogen (secondary N) is 1. The molecule has 2 N–H and O–H groups in total. The Kier molecular flexibility index (Phi) is 3.50. The molecule has 0 spiro atoms. The average Bonchev–Trinajstić information content (AvgIpc) is 2.97. The number of rotatable bonds is 4. The van der Waals surface area contributed by atoms with Crippen molar-refractivity contribution in [3.63, 3.8) is 0 Å². The quantitative estimate of drug-likeness (QED) is 0.859. The first-order valence-corrected chi connectivity index (χ1v) is 7.47. The number of aromatic nitrogens is 3. The zero-order valence-corrected chi connectivity index (χ0v) is 11.9. The molecule has 1 heterocycles. The van der Waals surface area contributed by atoms with Gasteiger partial charge in [0.1, 0.15) is 11.3 Å². The predicted molar refractivity (Wildman–Crippen MR) is 72.7 cm³/mol. The standard InChI is InChI=1S/C14H22N4O2/c1-10(19)15-12-5-2-4-11(12)8-18-9-13(16-17-18)14(20)6-3-7-14/h9,11-12,20H,2-8H2,1H3,(H,15,19)/t11-,12-/m1/s1. The molecule has 2 saturated carbocycles. The largest absolute Gasteiger partial charge is 0.383 e. The maximum Gasteiger partial charge on any atom is 0.217 e. The van der Waals surface area contributed by atoms with Crippen LogP contribution in [0.3, 0.4) is 0 Å². The molecule has 0 aromatic carbocycles. The molecular formula is C14H22N4O2. The summed E-state index contributed by atoms with van der Waals surface area (Å²) in [6.45, 7) is 2.32. The summed E-state index contributed by atoms with van der Waals surface area (Å²) in [6.07, 6.45) is 7.76. The fourth-order valence-electron chi connectivity index (χ4n) is 3.32. The summed E-state index contributed by atoms with van der Waals surface area (Å²) >= 11 is 0. The van der Waals surface area contributed by atoms with Crippen LogP contribution in [0.4, 0.5) is 0 Å². The van der Waals surface area contributed by atoms with E-state index in [9.17, 15) is 9.90 Å². The molecule has 2 fully saturated rings. The van der Waals surface area contributed by atoms with E-state index in [1.54, 1.807) is 6.92 Å². The summed E-state index contributed by atoms with van der Waals surface area (Å²) < 4.78 is 1.82. The Morgan fingerprint density at radius 2 is 2.30 bits per heavy atom. The Labute approximate surface area is 118 Å². The molecule has 1 aromatic rings. The molecule has 20 heavy (non-hydrogen) atoms. The van der Waals surface area contributed by atoms with Gasteiger partial charge in [0, 0.05) is 19.5 Å². The van der Waals surface area contributed by atoms with Crippen molar-refractivity contribution in [1.82, 2.24) is 20.3 Å². The molecule has 0 bridgehead atoms. The number of carbonyl (C=O) groups excluding carboxylic acids is 1. The van der Waals surface area contributed by atoms with Crippen LogP contribution in [0.25, 0.3) is 0 Å². The first kappa shape index (κ1) is 13.5. The highest BCUT2D eigenvalue weighted by Gasteiger charge is 2.39. The van der Waals surface area contributed by atoms with Gasteiger partial charge in [-0.3, -0.25) is 9.48 Å². The second kappa shape index (κ2) is 5.16. The monoisotopic (exact) mass is 278 g/mol. The lowest BCUT2D eigenvalue weighted by molar-refractivity contribution is -0.119. The summed E-state index contributed by atoms with van der Waals surface area (Å²) in [6, 6.07) is 0.243. The lowest BCUT2D eigenvalue weighted by Gasteiger charge is -2.34. The molecule has 6 nitrogen and oxygen atoms in total. The summed E-state index contributed by atoms with van der Waals surface area (Å²) in [4.78, 5) is 11.2. The molecule has 6 heteroatoms. The van der Waals surface area contributed by atoms with Crippen LogP contribution < -0.4 is 5.32 Å². The molecule has 0 saturated heterocycles. The van der Waals surface area contributed by atoms with Gasteiger partial charge in [0.25, 0.3) is 0 Å². The molecule has 110 valence electrons. The molecule has 2 atom stereocenters. The van der Waals surface area contributed by atoms with Gasteiger partial charge in [0.05, 0.1) is 6.20 Å². The fourth-order valence-corrected chi connectivity index (χ4v) is 3.32. The fraction of sp³-hybridized carbons (Fsp3) is 0.786. The van der Waals surface area contributed by atoms with Crippen molar-refractivity contribution in [3.05, 3.63) is 11.9 Å². The van der Waals surface area contributed by atoms with Crippen molar-refractivity contribution in [1.29, 1.82) is 0 Å². The van der Waals surface area contributed by atoms with Crippen LogP contribution >= 0.6 is 0 Å². The van der Waals surface area contributed by atoms with E-state index in [0.29, 0.717) is 11.6 Å². The second-order valence-corrected chi connectivity index (χ2v) is 6.21. The molecule has 3 rings (SSSR count). The zero-order chi connectivity index (χ0) is 14.2. The Morgan fingerprint density at radius 3 is 2.95 bits per heavy atom. The zero-order valence-electron chi connectivity index (χ0n) is 11.9. The maximum atomic E-state index is 11.2. The van der Waals surface area contributed by atoms with Gasteiger partial charge in [-0.05, 0) is 38.0 Å². The van der Waals surface area contributed by atoms with Crippen LogP contribution in [0.1, 0.15) is 51.1 Å². The summed E-state index contributed by atoms with van der Waals surface area (Å²) in [5, 5.41) is 21.5. The first-order valence-electron chi connectivity index (χ1n) is 7.47. The molecular weight excluding hydrogens is 256 g/mol. The topological polar surface area (TPSA) is 80.0 Å². The number of aliphatic hydroxyl groups is 1. The lowest BCUT2D eigenvalue weighted by atomic mass is 9.78. The van der Waals surface area contributed by atoms with Crippen LogP contribution in [0, 0.1) is 5.92 Å². The molecule has 0 radical (unpaired) electrons. The SMILES string of the molecule is CC(=O)N[C@@H]1CCC[C@@H]1Cn1cc(C2(O)CCC2)nn1. The normalized spacial score (nSPS) is 28.1. The molecule has 1 aromatic heterocycles. The number of hydrogen-bond acceptors (Lipinski definition) is 4. The van der Waals surface area contributed by atoms with E-state index >= 15 is 0 Å². The van der Waals surface area contributed by atoms with E-state index in [1.807, 2.05) is 10.9 Å². The van der Waals surface area contributed by atoms with E-state index in [-0.39, 0.29) is 11.9 Å². The van der Waals surface area contributed by atoms with E-state index in [0.717, 1.165) is 45.1 Å². The van der Waals surface area contributed by atoms with Gasteiger partial charge in [0.15, 0.2) is 0 Å². The third kappa shape index (κ3) is 2.57. The Morgan fingerprint density at radius 1 is 1.50 bits per heavy atom. The lowest BCUT2D eigenvalue weighted by Crippen LogP contribution is -2.37. The van der Waals surface area contributed by atoms with E-state index < -0.39 is 5.60 Å². The third-order valence-corrected chi connectivity index (χ3v) is 4.67. The number of nitrogens with zero attached hydrogens (tertiary/aromatic N) is 3. The Bertz CT molecular complexity index is 495. The number of amides is 1. The molecule has 2 aliphatic carbocycles. The van der Waals surface area contributed by atoms with Crippen molar-refractivity contribution in [3.8, 4) is 0 Å². The number of carbonyl (C=O) groups is 1. The first-order chi connectivity index (χ1) is 9.57. The molecule has 0 aliphatic heterocycles. The van der Waals surface area contributed by atoms with Gasteiger partial charge in [-0.15, -0.1) is 5.10 Å². The van der Waals surface area contributed by atoms with Crippen LogP contribution in [0.15, 0.2) is 6.20 Å². The van der Waals surface area contributed by atoms with Crippen molar-refractivity contribution in [2.24, 2.45) is 5.92 Å². The summed E-state index contributed by atoms with van der Waals surface area (Å²) in [5.74, 6) is 0.439. The third-order valence-electron chi connectivity index (χ3n) is 4.67. The summed E-state index contributed by atoms with van der Waals surface area (Å²) in [5.41, 5.74) is -0.0526. The van der Waals surface area contributed by atoms with Crippen LogP contribution in [-0.4, -0.2) is 32.0 Å². The van der Waals surface area contributed by atoms with Crippen molar-refractivity contribution in [2.75, 3.05) is 0 Å². The van der Waals surface area contributed by atoms with Crippen molar-refractivity contribution >= 4 is 5.91 Å². The molecule has 0 unspecified atom stereocenters. The highest BCUT2D eigenvalue weighted by atomic mass is 16.3. The average molecular weight is 278 g/mol. The van der Waals surface area contributed by atoms with Crippen LogP contribution in [0.2, 0.25) is 0 Å². The van der Waals surface area contributed by atoms with E-state index in [1.165, 1.54) is 0 Å². The maximum absolute atomic E-state index is 11.2. The van der Waals surface area contributed by atoms with Crippen LogP contribution in [0.5, 0.6) is 0 Å². The minimum atomic E-state index is -0.745. The van der Waals surface area contributed by atoms with Gasteiger partial charge in [0.2, 0.25) is 5.91 Å². The minimum Gasteiger partial charge on any atom is -0.383 e. The molecule has 2 aliphatic rings. The highest BCUT2D eigenvalue weighted by molar-refractivity contribution is 5.73. The number of hydrogen-bond donors (Lipinski definition) is 2. The Hall–Kier alpha value is -1.43. The second-order valence-electron chi connectivity index (χ2n) is 6.21. The van der Waals surface area contributed by atoms with Crippen molar-refractivity contribution in [2.45, 2.75) is 63.6 Å². The summed E-state index contributed by atoms with van der Waals surface area (Å²) in [7, 11) is 0. The predicted octanol–water partition coefficient (Wildman–Crippen LogP) is 0.954. The van der Waals surface area contributed by atoms with Crippen molar-refractivity contribution < 1.29 is 9.90 Å². The Balaban J connectivity index is 1.64. The molecule has 1 amide bonds. The van der Waals surface area contributed by atoms with Gasteiger partial charge < -0.3 is 10.4 Å².